The van der Waals surface area contributed by atoms with Crippen molar-refractivity contribution in [1.82, 2.24) is 9.29 Å². The molecular weight excluding hydrogens is 276 g/mol. The van der Waals surface area contributed by atoms with Gasteiger partial charge in [-0.25, -0.2) is 18.4 Å². The van der Waals surface area contributed by atoms with E-state index in [1.165, 1.54) is 10.6 Å². The smallest absolute Gasteiger partial charge is 0.267 e. The first kappa shape index (κ1) is 12.6. The van der Waals surface area contributed by atoms with Crippen LogP contribution in [-0.4, -0.2) is 24.0 Å². The Morgan fingerprint density at radius 3 is 2.70 bits per heavy atom. The van der Waals surface area contributed by atoms with Crippen molar-refractivity contribution >= 4 is 27.9 Å². The molecule has 7 heteroatoms. The van der Waals surface area contributed by atoms with Crippen LogP contribution in [0.4, 0.5) is 11.5 Å². The molecular formula is C13H12N4O2S. The summed E-state index contributed by atoms with van der Waals surface area (Å²) in [5.74, 6) is 0.397. The van der Waals surface area contributed by atoms with E-state index in [0.29, 0.717) is 11.5 Å². The van der Waals surface area contributed by atoms with Crippen LogP contribution in [0.15, 0.2) is 52.5 Å². The number of nitrogens with two attached hydrogens (primary N) is 1. The lowest BCUT2D eigenvalue weighted by atomic mass is 10.3. The minimum Gasteiger partial charge on any atom is -0.384 e. The molecule has 0 saturated carbocycles. The molecule has 0 amide bonds. The highest BCUT2D eigenvalue weighted by Gasteiger charge is 2.28. The van der Waals surface area contributed by atoms with E-state index in [2.05, 4.69) is 9.98 Å². The SMILES string of the molecule is Nc1ccc(CN2C=Nc3ccccc3S2(=O)=O)cn1. The second kappa shape index (κ2) is 4.61. The Morgan fingerprint density at radius 1 is 1.15 bits per heavy atom. The summed E-state index contributed by atoms with van der Waals surface area (Å²) in [7, 11) is -3.57. The van der Waals surface area contributed by atoms with Gasteiger partial charge in [0.1, 0.15) is 17.1 Å². The highest BCUT2D eigenvalue weighted by molar-refractivity contribution is 7.89. The fourth-order valence-corrected chi connectivity index (χ4v) is 3.31. The summed E-state index contributed by atoms with van der Waals surface area (Å²) >= 11 is 0. The number of aliphatic imine (C=N–C) groups is 1. The van der Waals surface area contributed by atoms with E-state index in [1.54, 1.807) is 42.6 Å². The zero-order valence-corrected chi connectivity index (χ0v) is 11.3. The molecule has 2 heterocycles. The van der Waals surface area contributed by atoms with Crippen molar-refractivity contribution in [3.63, 3.8) is 0 Å². The number of hydrogen-bond donors (Lipinski definition) is 1. The molecule has 0 fully saturated rings. The van der Waals surface area contributed by atoms with Gasteiger partial charge in [0.25, 0.3) is 10.0 Å². The Kier molecular flexibility index (Phi) is 2.90. The number of pyridine rings is 1. The second-order valence-corrected chi connectivity index (χ2v) is 6.21. The number of para-hydroxylation sites is 1. The zero-order valence-electron chi connectivity index (χ0n) is 10.5. The van der Waals surface area contributed by atoms with Crippen LogP contribution in [0.5, 0.6) is 0 Å². The molecule has 3 rings (SSSR count). The van der Waals surface area contributed by atoms with E-state index >= 15 is 0 Å². The molecule has 0 spiro atoms. The minimum atomic E-state index is -3.57. The van der Waals surface area contributed by atoms with Gasteiger partial charge in [-0.05, 0) is 23.8 Å². The molecule has 0 saturated heterocycles. The van der Waals surface area contributed by atoms with E-state index < -0.39 is 10.0 Å². The van der Waals surface area contributed by atoms with Gasteiger partial charge in [0.15, 0.2) is 0 Å². The van der Waals surface area contributed by atoms with Crippen LogP contribution < -0.4 is 5.73 Å². The van der Waals surface area contributed by atoms with Gasteiger partial charge in [0, 0.05) is 6.20 Å². The highest BCUT2D eigenvalue weighted by Crippen LogP contribution is 2.30. The summed E-state index contributed by atoms with van der Waals surface area (Å²) in [6.07, 6.45) is 2.88. The van der Waals surface area contributed by atoms with Crippen LogP contribution in [-0.2, 0) is 16.6 Å². The summed E-state index contributed by atoms with van der Waals surface area (Å²) in [6, 6.07) is 10.0. The fourth-order valence-electron chi connectivity index (χ4n) is 1.93. The highest BCUT2D eigenvalue weighted by atomic mass is 32.2. The maximum atomic E-state index is 12.5. The van der Waals surface area contributed by atoms with E-state index in [1.807, 2.05) is 0 Å². The number of aromatic nitrogens is 1. The summed E-state index contributed by atoms with van der Waals surface area (Å²) in [5, 5.41) is 0. The predicted molar refractivity (Wildman–Crippen MR) is 76.0 cm³/mol. The van der Waals surface area contributed by atoms with Crippen LogP contribution in [0.25, 0.3) is 0 Å². The summed E-state index contributed by atoms with van der Waals surface area (Å²) in [6.45, 7) is 0.174. The van der Waals surface area contributed by atoms with Crippen molar-refractivity contribution < 1.29 is 8.42 Å². The molecule has 2 N–H and O–H groups in total. The molecule has 6 nitrogen and oxygen atoms in total. The van der Waals surface area contributed by atoms with Gasteiger partial charge >= 0.3 is 0 Å². The van der Waals surface area contributed by atoms with E-state index in [4.69, 9.17) is 5.73 Å². The number of sulfonamides is 1. The first-order valence-corrected chi connectivity index (χ1v) is 7.37. The minimum absolute atomic E-state index is 0.174. The number of nitrogen functional groups attached to an aromatic ring is 1. The molecule has 1 aromatic heterocycles. The molecule has 0 unspecified atom stereocenters. The third kappa shape index (κ3) is 2.12. The van der Waals surface area contributed by atoms with Crippen LogP contribution in [0.1, 0.15) is 5.56 Å². The lowest BCUT2D eigenvalue weighted by Crippen LogP contribution is -2.31. The average Bonchev–Trinajstić information content (AvgIpc) is 2.44. The van der Waals surface area contributed by atoms with E-state index in [-0.39, 0.29) is 11.4 Å². The molecule has 0 aliphatic carbocycles. The Hall–Kier alpha value is -2.41. The van der Waals surface area contributed by atoms with Crippen LogP contribution >= 0.6 is 0 Å². The molecule has 102 valence electrons. The monoisotopic (exact) mass is 288 g/mol. The number of anilines is 1. The molecule has 0 radical (unpaired) electrons. The van der Waals surface area contributed by atoms with Gasteiger partial charge in [-0.15, -0.1) is 0 Å². The number of hydrogen-bond acceptors (Lipinski definition) is 5. The molecule has 1 aliphatic rings. The Balaban J connectivity index is 1.95. The normalized spacial score (nSPS) is 15.9. The molecule has 2 aromatic rings. The largest absolute Gasteiger partial charge is 0.384 e. The van der Waals surface area contributed by atoms with Gasteiger partial charge in [0.05, 0.1) is 12.2 Å². The lowest BCUT2D eigenvalue weighted by Gasteiger charge is -2.23. The van der Waals surface area contributed by atoms with E-state index in [0.717, 1.165) is 5.56 Å². The van der Waals surface area contributed by atoms with Gasteiger partial charge in [-0.2, -0.15) is 0 Å². The zero-order chi connectivity index (χ0) is 14.2. The second-order valence-electron chi connectivity index (χ2n) is 4.35. The van der Waals surface area contributed by atoms with Gasteiger partial charge in [-0.3, -0.25) is 4.31 Å². The number of rotatable bonds is 2. The number of nitrogens with zero attached hydrogens (tertiary/aromatic N) is 3. The fraction of sp³-hybridized carbons (Fsp3) is 0.0769. The molecule has 0 bridgehead atoms. The average molecular weight is 288 g/mol. The Morgan fingerprint density at radius 2 is 1.95 bits per heavy atom. The van der Waals surface area contributed by atoms with Crippen LogP contribution in [0, 0.1) is 0 Å². The van der Waals surface area contributed by atoms with Gasteiger partial charge in [0.2, 0.25) is 0 Å². The molecule has 0 atom stereocenters. The van der Waals surface area contributed by atoms with Gasteiger partial charge < -0.3 is 5.73 Å². The first-order valence-electron chi connectivity index (χ1n) is 5.93. The Labute approximate surface area is 116 Å². The first-order chi connectivity index (χ1) is 9.57. The number of benzene rings is 1. The predicted octanol–water partition coefficient (Wildman–Crippen LogP) is 1.53. The van der Waals surface area contributed by atoms with Crippen LogP contribution in [0.3, 0.4) is 0 Å². The third-order valence-electron chi connectivity index (χ3n) is 2.96. The van der Waals surface area contributed by atoms with Crippen molar-refractivity contribution in [2.45, 2.75) is 11.4 Å². The van der Waals surface area contributed by atoms with E-state index in [9.17, 15) is 8.42 Å². The molecule has 1 aromatic carbocycles. The van der Waals surface area contributed by atoms with Gasteiger partial charge in [-0.1, -0.05) is 18.2 Å². The quantitative estimate of drug-likeness (QED) is 0.907. The van der Waals surface area contributed by atoms with Crippen molar-refractivity contribution in [3.8, 4) is 0 Å². The van der Waals surface area contributed by atoms with Crippen molar-refractivity contribution in [2.24, 2.45) is 4.99 Å². The molecule has 1 aliphatic heterocycles. The van der Waals surface area contributed by atoms with Crippen molar-refractivity contribution in [3.05, 3.63) is 48.2 Å². The van der Waals surface area contributed by atoms with Crippen molar-refractivity contribution in [1.29, 1.82) is 0 Å². The summed E-state index contributed by atoms with van der Waals surface area (Å²) in [5.41, 5.74) is 6.71. The lowest BCUT2D eigenvalue weighted by molar-refractivity contribution is 0.521. The third-order valence-corrected chi connectivity index (χ3v) is 4.71. The maximum Gasteiger partial charge on any atom is 0.267 e. The topological polar surface area (TPSA) is 88.6 Å². The standard InChI is InChI=1S/C13H12N4O2S/c14-13-6-5-10(7-15-13)8-17-9-16-11-3-1-2-4-12(11)20(17,18)19/h1-7,9H,8H2,(H2,14,15). The summed E-state index contributed by atoms with van der Waals surface area (Å²) < 4.78 is 26.1. The number of fused-ring (bicyclic) bond motifs is 1. The van der Waals surface area contributed by atoms with Crippen LogP contribution in [0.2, 0.25) is 0 Å². The van der Waals surface area contributed by atoms with Crippen molar-refractivity contribution in [2.75, 3.05) is 5.73 Å². The Bertz CT molecular complexity index is 769. The maximum absolute atomic E-state index is 12.5. The summed E-state index contributed by atoms with van der Waals surface area (Å²) in [4.78, 5) is 8.32. The molecule has 20 heavy (non-hydrogen) atoms.